The predicted molar refractivity (Wildman–Crippen MR) is 87.3 cm³/mol. The van der Waals surface area contributed by atoms with Crippen molar-refractivity contribution in [2.75, 3.05) is 13.3 Å². The number of hydrogen-bond acceptors (Lipinski definition) is 3. The first kappa shape index (κ1) is 20.1. The molecule has 130 valence electrons. The van der Waals surface area contributed by atoms with Crippen LogP contribution in [0.4, 0.5) is 13.2 Å². The number of rotatable bonds is 1. The molecule has 0 saturated heterocycles. The third-order valence-electron chi connectivity index (χ3n) is 3.33. The monoisotopic (exact) mass is 368 g/mol. The molecule has 0 bridgehead atoms. The molecule has 1 heterocycles. The van der Waals surface area contributed by atoms with Crippen LogP contribution in [0.5, 0.6) is 0 Å². The van der Waals surface area contributed by atoms with E-state index in [-0.39, 0.29) is 0 Å². The summed E-state index contributed by atoms with van der Waals surface area (Å²) in [4.78, 5) is 0. The molecule has 1 aliphatic rings. The zero-order valence-electron chi connectivity index (χ0n) is 13.6. The number of alkyl halides is 3. The minimum absolute atomic E-state index is 0.350. The SMILES string of the molecule is CC(C)(C)C1=C(c2ccccc2)[P+]1(C)C.O=S(=O)([O-])C(F)(F)F. The average Bonchev–Trinajstić information content (AvgIpc) is 2.92. The molecule has 0 saturated carbocycles. The van der Waals surface area contributed by atoms with Gasteiger partial charge in [0.1, 0.15) is 10.6 Å². The summed E-state index contributed by atoms with van der Waals surface area (Å²) < 4.78 is 58.9. The van der Waals surface area contributed by atoms with Crippen LogP contribution < -0.4 is 0 Å². The summed E-state index contributed by atoms with van der Waals surface area (Å²) in [5, 5.41) is 3.39. The maximum Gasteiger partial charge on any atom is 0.485 e. The predicted octanol–water partition coefficient (Wildman–Crippen LogP) is 4.74. The quantitative estimate of drug-likeness (QED) is 0.409. The van der Waals surface area contributed by atoms with Gasteiger partial charge in [0.2, 0.25) is 0 Å². The summed E-state index contributed by atoms with van der Waals surface area (Å²) in [6.45, 7) is 11.9. The van der Waals surface area contributed by atoms with Gasteiger partial charge in [0.15, 0.2) is 10.1 Å². The third-order valence-corrected chi connectivity index (χ3v) is 7.29. The molecule has 0 N–H and O–H groups in total. The minimum Gasteiger partial charge on any atom is -0.741 e. The normalized spacial score (nSPS) is 17.4. The lowest BCUT2D eigenvalue weighted by molar-refractivity contribution is -0.0517. The molecular weight excluding hydrogens is 348 g/mol. The van der Waals surface area contributed by atoms with Crippen molar-refractivity contribution in [2.24, 2.45) is 5.41 Å². The van der Waals surface area contributed by atoms with Crippen molar-refractivity contribution in [3.8, 4) is 0 Å². The lowest BCUT2D eigenvalue weighted by atomic mass is 9.95. The Morgan fingerprint density at radius 2 is 1.39 bits per heavy atom. The molecular formula is C15H20F3O3PS. The summed E-state index contributed by atoms with van der Waals surface area (Å²) in [5.41, 5.74) is -3.85. The average molecular weight is 368 g/mol. The first-order chi connectivity index (χ1) is 10.1. The van der Waals surface area contributed by atoms with E-state index in [0.717, 1.165) is 0 Å². The van der Waals surface area contributed by atoms with Crippen LogP contribution in [0.1, 0.15) is 26.3 Å². The van der Waals surface area contributed by atoms with Gasteiger partial charge in [-0.05, 0) is 0 Å². The van der Waals surface area contributed by atoms with Crippen LogP contribution in [-0.4, -0.2) is 31.8 Å². The summed E-state index contributed by atoms with van der Waals surface area (Å²) in [5.74, 6) is 0. The zero-order chi connectivity index (χ0) is 18.3. The fraction of sp³-hybridized carbons (Fsp3) is 0.467. The van der Waals surface area contributed by atoms with E-state index in [1.807, 2.05) is 0 Å². The van der Waals surface area contributed by atoms with Crippen LogP contribution in [0.3, 0.4) is 0 Å². The van der Waals surface area contributed by atoms with E-state index < -0.39 is 22.9 Å². The van der Waals surface area contributed by atoms with Gasteiger partial charge in [0.25, 0.3) is 0 Å². The van der Waals surface area contributed by atoms with Crippen molar-refractivity contribution in [3.05, 3.63) is 41.2 Å². The molecule has 0 spiro atoms. The minimum atomic E-state index is -6.09. The molecule has 0 radical (unpaired) electrons. The maximum atomic E-state index is 10.7. The number of allylic oxidation sites excluding steroid dienone is 1. The highest BCUT2D eigenvalue weighted by Gasteiger charge is 2.60. The molecule has 0 aliphatic carbocycles. The highest BCUT2D eigenvalue weighted by molar-refractivity contribution is 7.96. The second-order valence-corrected chi connectivity index (χ2v) is 11.8. The summed E-state index contributed by atoms with van der Waals surface area (Å²) in [6, 6.07) is 10.9. The van der Waals surface area contributed by atoms with Gasteiger partial charge >= 0.3 is 5.51 Å². The fourth-order valence-electron chi connectivity index (χ4n) is 2.66. The number of halogens is 3. The Hall–Kier alpha value is -0.910. The van der Waals surface area contributed by atoms with Crippen molar-refractivity contribution in [2.45, 2.75) is 26.3 Å². The Balaban J connectivity index is 0.000000284. The van der Waals surface area contributed by atoms with Gasteiger partial charge in [-0.2, -0.15) is 13.2 Å². The zero-order valence-corrected chi connectivity index (χ0v) is 15.3. The molecule has 8 heteroatoms. The van der Waals surface area contributed by atoms with Crippen molar-refractivity contribution >= 4 is 22.7 Å². The Morgan fingerprint density at radius 3 is 1.65 bits per heavy atom. The van der Waals surface area contributed by atoms with Crippen LogP contribution in [0.15, 0.2) is 35.6 Å². The Bertz CT molecular complexity index is 700. The summed E-state index contributed by atoms with van der Waals surface area (Å²) in [7, 11) is -6.96. The highest BCUT2D eigenvalue weighted by Crippen LogP contribution is 2.89. The van der Waals surface area contributed by atoms with Gasteiger partial charge in [0, 0.05) is 11.0 Å². The van der Waals surface area contributed by atoms with E-state index in [0.29, 0.717) is 5.41 Å². The Kier molecular flexibility index (Phi) is 5.42. The molecule has 2 rings (SSSR count). The maximum absolute atomic E-state index is 10.7. The molecule has 1 aromatic carbocycles. The van der Waals surface area contributed by atoms with Crippen molar-refractivity contribution < 1.29 is 26.1 Å². The van der Waals surface area contributed by atoms with Gasteiger partial charge in [-0.3, -0.25) is 0 Å². The van der Waals surface area contributed by atoms with E-state index in [9.17, 15) is 13.2 Å². The second kappa shape index (κ2) is 6.19. The van der Waals surface area contributed by atoms with Crippen molar-refractivity contribution in [1.29, 1.82) is 0 Å². The van der Waals surface area contributed by atoms with Gasteiger partial charge in [0.05, 0.1) is 20.6 Å². The van der Waals surface area contributed by atoms with Gasteiger partial charge < -0.3 is 4.55 Å². The molecule has 1 aromatic rings. The molecule has 0 atom stereocenters. The molecule has 0 aromatic heterocycles. The smallest absolute Gasteiger partial charge is 0.485 e. The van der Waals surface area contributed by atoms with Crippen LogP contribution in [-0.2, 0) is 10.1 Å². The van der Waals surface area contributed by atoms with E-state index >= 15 is 0 Å². The molecule has 3 nitrogen and oxygen atoms in total. The lowest BCUT2D eigenvalue weighted by Gasteiger charge is -2.12. The van der Waals surface area contributed by atoms with E-state index in [4.69, 9.17) is 13.0 Å². The molecule has 0 fully saturated rings. The van der Waals surface area contributed by atoms with Gasteiger partial charge in [-0.1, -0.05) is 51.1 Å². The highest BCUT2D eigenvalue weighted by atomic mass is 32.2. The van der Waals surface area contributed by atoms with Crippen LogP contribution in [0.25, 0.3) is 5.31 Å². The Morgan fingerprint density at radius 1 is 1.00 bits per heavy atom. The topological polar surface area (TPSA) is 57.2 Å². The largest absolute Gasteiger partial charge is 0.741 e. The number of hydrogen-bond donors (Lipinski definition) is 0. The van der Waals surface area contributed by atoms with E-state index in [2.05, 4.69) is 64.4 Å². The standard InChI is InChI=1S/C14H20P.CHF3O3S/c1-14(2,3)13-12(15(13,4)5)11-9-7-6-8-10-11;2-1(3,4)8(5,6)7/h6-10H,1-5H3;(H,5,6,7)/q+1;/p-1. The lowest BCUT2D eigenvalue weighted by Crippen LogP contribution is -2.21. The van der Waals surface area contributed by atoms with Crippen LogP contribution in [0.2, 0.25) is 0 Å². The third kappa shape index (κ3) is 4.78. The number of benzene rings is 1. The van der Waals surface area contributed by atoms with Crippen molar-refractivity contribution in [1.82, 2.24) is 0 Å². The summed E-state index contributed by atoms with van der Waals surface area (Å²) >= 11 is 0. The Labute approximate surface area is 135 Å². The fourth-order valence-corrected chi connectivity index (χ4v) is 7.01. The van der Waals surface area contributed by atoms with Gasteiger partial charge in [-0.15, -0.1) is 0 Å². The van der Waals surface area contributed by atoms with Crippen LogP contribution >= 0.6 is 7.26 Å². The molecule has 0 amide bonds. The first-order valence-electron chi connectivity index (χ1n) is 6.77. The van der Waals surface area contributed by atoms with E-state index in [1.54, 1.807) is 10.6 Å². The molecule has 23 heavy (non-hydrogen) atoms. The molecule has 1 aliphatic heterocycles. The molecule has 0 unspecified atom stereocenters. The van der Waals surface area contributed by atoms with E-state index in [1.165, 1.54) is 5.56 Å². The summed E-state index contributed by atoms with van der Waals surface area (Å²) in [6.07, 6.45) is 0. The van der Waals surface area contributed by atoms with Crippen LogP contribution in [0, 0.1) is 5.41 Å². The second-order valence-electron chi connectivity index (χ2n) is 6.67. The van der Waals surface area contributed by atoms with Crippen molar-refractivity contribution in [3.63, 3.8) is 0 Å². The first-order valence-corrected chi connectivity index (χ1v) is 10.9. The van der Waals surface area contributed by atoms with Gasteiger partial charge in [-0.25, -0.2) is 8.42 Å².